The lowest BCUT2D eigenvalue weighted by Crippen LogP contribution is -2.55. The van der Waals surface area contributed by atoms with Crippen LogP contribution >= 0.6 is 11.6 Å². The van der Waals surface area contributed by atoms with E-state index in [0.29, 0.717) is 36.5 Å². The molecule has 2 aromatic carbocycles. The first kappa shape index (κ1) is 31.7. The second-order valence-corrected chi connectivity index (χ2v) is 12.8. The number of hydrogen-bond donors (Lipinski definition) is 1. The van der Waals surface area contributed by atoms with E-state index in [-0.39, 0.29) is 45.1 Å². The fourth-order valence-corrected chi connectivity index (χ4v) is 5.87. The standard InChI is InChI=1S/C33H35ClFN7O3/c1-18(2)21-10-7-9-20(16-36)28(21)42-30-22(15-23(34)27(38-30)26-24(35)11-8-12-25(26)37)29(39-31(42)43)41-14-13-40(17-19(41)3)32(44)45-33(4,5)6/h7-12,15,18-19H,13-14,17,37H2,1-6H3/t19-/m0/s1. The Morgan fingerprint density at radius 1 is 1.18 bits per heavy atom. The van der Waals surface area contributed by atoms with Crippen molar-refractivity contribution in [3.8, 4) is 23.0 Å². The van der Waals surface area contributed by atoms with Crippen molar-refractivity contribution in [2.75, 3.05) is 30.3 Å². The van der Waals surface area contributed by atoms with Gasteiger partial charge in [-0.1, -0.05) is 43.6 Å². The summed E-state index contributed by atoms with van der Waals surface area (Å²) in [5, 5.41) is 10.6. The molecular formula is C33H35ClFN7O3. The summed E-state index contributed by atoms with van der Waals surface area (Å²) in [4.78, 5) is 39.8. The zero-order chi connectivity index (χ0) is 32.8. The van der Waals surface area contributed by atoms with Crippen molar-refractivity contribution in [1.82, 2.24) is 19.4 Å². The van der Waals surface area contributed by atoms with Gasteiger partial charge in [0.25, 0.3) is 0 Å². The molecule has 2 aromatic heterocycles. The predicted molar refractivity (Wildman–Crippen MR) is 173 cm³/mol. The number of carbonyl (C=O) groups is 1. The Morgan fingerprint density at radius 2 is 1.89 bits per heavy atom. The Kier molecular flexibility index (Phi) is 8.47. The van der Waals surface area contributed by atoms with Crippen LogP contribution in [0.2, 0.25) is 5.02 Å². The summed E-state index contributed by atoms with van der Waals surface area (Å²) >= 11 is 6.79. The number of aromatic nitrogens is 3. The minimum atomic E-state index is -0.675. The first-order chi connectivity index (χ1) is 21.2. The van der Waals surface area contributed by atoms with Crippen LogP contribution in [0.3, 0.4) is 0 Å². The van der Waals surface area contributed by atoms with Crippen LogP contribution in [0.1, 0.15) is 58.6 Å². The Balaban J connectivity index is 1.77. The number of anilines is 2. The highest BCUT2D eigenvalue weighted by Crippen LogP contribution is 2.38. The number of nitrogen functional groups attached to an aromatic ring is 1. The van der Waals surface area contributed by atoms with Gasteiger partial charge in [0.05, 0.1) is 32.9 Å². The van der Waals surface area contributed by atoms with Crippen LogP contribution in [-0.2, 0) is 4.74 Å². The molecule has 1 aliphatic heterocycles. The lowest BCUT2D eigenvalue weighted by molar-refractivity contribution is 0.0218. The monoisotopic (exact) mass is 631 g/mol. The summed E-state index contributed by atoms with van der Waals surface area (Å²) in [6.07, 6.45) is -0.423. The van der Waals surface area contributed by atoms with Gasteiger partial charge in [0, 0.05) is 31.4 Å². The number of ether oxygens (including phenoxy) is 1. The normalized spacial score (nSPS) is 15.4. The van der Waals surface area contributed by atoms with Crippen LogP contribution in [0.15, 0.2) is 47.3 Å². The molecule has 0 unspecified atom stereocenters. The molecule has 0 radical (unpaired) electrons. The second kappa shape index (κ2) is 12.0. The smallest absolute Gasteiger partial charge is 0.410 e. The second-order valence-electron chi connectivity index (χ2n) is 12.4. The highest BCUT2D eigenvalue weighted by atomic mass is 35.5. The van der Waals surface area contributed by atoms with Gasteiger partial charge in [-0.05, 0) is 63.4 Å². The van der Waals surface area contributed by atoms with Crippen molar-refractivity contribution in [1.29, 1.82) is 5.26 Å². The van der Waals surface area contributed by atoms with Gasteiger partial charge in [0.2, 0.25) is 0 Å². The molecule has 0 bridgehead atoms. The van der Waals surface area contributed by atoms with E-state index in [0.717, 1.165) is 5.56 Å². The third kappa shape index (κ3) is 6.02. The number of nitriles is 1. The topological polar surface area (TPSA) is 130 Å². The van der Waals surface area contributed by atoms with Gasteiger partial charge < -0.3 is 20.3 Å². The molecule has 0 aliphatic carbocycles. The first-order valence-corrected chi connectivity index (χ1v) is 15.0. The average Bonchev–Trinajstić information content (AvgIpc) is 2.96. The summed E-state index contributed by atoms with van der Waals surface area (Å²) < 4.78 is 22.0. The molecule has 1 fully saturated rings. The number of rotatable bonds is 4. The first-order valence-electron chi connectivity index (χ1n) is 14.7. The number of nitrogens with two attached hydrogens (primary N) is 1. The zero-order valence-electron chi connectivity index (χ0n) is 26.1. The summed E-state index contributed by atoms with van der Waals surface area (Å²) in [7, 11) is 0. The number of carbonyl (C=O) groups excluding carboxylic acids is 1. The Hall–Kier alpha value is -4.69. The minimum absolute atomic E-state index is 0.00115. The van der Waals surface area contributed by atoms with Gasteiger partial charge in [-0.15, -0.1) is 0 Å². The van der Waals surface area contributed by atoms with E-state index in [1.165, 1.54) is 16.7 Å². The van der Waals surface area contributed by atoms with Crippen molar-refractivity contribution in [3.63, 3.8) is 0 Å². The van der Waals surface area contributed by atoms with Crippen LogP contribution in [0.4, 0.5) is 20.7 Å². The number of para-hydroxylation sites is 1. The molecule has 1 saturated heterocycles. The van der Waals surface area contributed by atoms with Crippen LogP contribution in [-0.4, -0.2) is 56.8 Å². The molecule has 1 amide bonds. The largest absolute Gasteiger partial charge is 0.444 e. The van der Waals surface area contributed by atoms with Crippen molar-refractivity contribution in [2.45, 2.75) is 59.1 Å². The van der Waals surface area contributed by atoms with E-state index in [9.17, 15) is 14.9 Å². The summed E-state index contributed by atoms with van der Waals surface area (Å²) in [5.74, 6) is -0.380. The molecule has 5 rings (SSSR count). The average molecular weight is 632 g/mol. The number of hydrogen-bond acceptors (Lipinski definition) is 8. The van der Waals surface area contributed by atoms with Crippen molar-refractivity contribution in [2.24, 2.45) is 0 Å². The number of fused-ring (bicyclic) bond motifs is 1. The van der Waals surface area contributed by atoms with Crippen LogP contribution in [0.5, 0.6) is 0 Å². The van der Waals surface area contributed by atoms with Crippen LogP contribution in [0, 0.1) is 17.1 Å². The molecule has 0 saturated carbocycles. The Morgan fingerprint density at radius 3 is 2.51 bits per heavy atom. The maximum atomic E-state index is 15.2. The highest BCUT2D eigenvalue weighted by Gasteiger charge is 2.33. The quantitative estimate of drug-likeness (QED) is 0.261. The summed E-state index contributed by atoms with van der Waals surface area (Å²) in [6, 6.07) is 13.0. The molecular weight excluding hydrogens is 597 g/mol. The molecule has 1 atom stereocenters. The van der Waals surface area contributed by atoms with E-state index in [4.69, 9.17) is 27.1 Å². The molecule has 3 heterocycles. The van der Waals surface area contributed by atoms with Gasteiger partial charge >= 0.3 is 11.8 Å². The van der Waals surface area contributed by atoms with Gasteiger partial charge in [-0.3, -0.25) is 0 Å². The lowest BCUT2D eigenvalue weighted by Gasteiger charge is -2.41. The van der Waals surface area contributed by atoms with Crippen molar-refractivity contribution >= 4 is 40.2 Å². The van der Waals surface area contributed by atoms with E-state index >= 15 is 4.39 Å². The summed E-state index contributed by atoms with van der Waals surface area (Å²) in [6.45, 7) is 12.2. The fourth-order valence-electron chi connectivity index (χ4n) is 5.62. The third-order valence-electron chi connectivity index (χ3n) is 7.67. The van der Waals surface area contributed by atoms with Crippen molar-refractivity contribution in [3.05, 3.63) is 74.9 Å². The number of piperazine rings is 1. The zero-order valence-corrected chi connectivity index (χ0v) is 26.8. The van der Waals surface area contributed by atoms with Crippen molar-refractivity contribution < 1.29 is 13.9 Å². The number of nitrogens with zero attached hydrogens (tertiary/aromatic N) is 6. The van der Waals surface area contributed by atoms with E-state index in [1.54, 1.807) is 29.2 Å². The summed E-state index contributed by atoms with van der Waals surface area (Å²) in [5.41, 5.74) is 6.50. The maximum absolute atomic E-state index is 15.2. The molecule has 2 N–H and O–H groups in total. The Labute approximate surface area is 265 Å². The molecule has 4 aromatic rings. The lowest BCUT2D eigenvalue weighted by atomic mass is 9.97. The molecule has 10 nitrogen and oxygen atoms in total. The number of amides is 1. The number of benzene rings is 2. The van der Waals surface area contributed by atoms with Gasteiger partial charge in [0.15, 0.2) is 5.65 Å². The third-order valence-corrected chi connectivity index (χ3v) is 7.96. The predicted octanol–water partition coefficient (Wildman–Crippen LogP) is 6.26. The van der Waals surface area contributed by atoms with Gasteiger partial charge in [-0.2, -0.15) is 10.2 Å². The molecule has 0 spiro atoms. The number of pyridine rings is 1. The van der Waals surface area contributed by atoms with Crippen LogP contribution in [0.25, 0.3) is 28.0 Å². The SMILES string of the molecule is CC(C)c1cccc(C#N)c1-n1c(=O)nc(N2CCN(C(=O)OC(C)(C)C)C[C@@H]2C)c2cc(Cl)c(-c3c(N)cccc3F)nc21. The van der Waals surface area contributed by atoms with Gasteiger partial charge in [0.1, 0.15) is 23.3 Å². The maximum Gasteiger partial charge on any atom is 0.410 e. The van der Waals surface area contributed by atoms with E-state index in [1.807, 2.05) is 52.5 Å². The van der Waals surface area contributed by atoms with E-state index in [2.05, 4.69) is 11.1 Å². The number of halogens is 2. The van der Waals surface area contributed by atoms with E-state index < -0.39 is 23.2 Å². The highest BCUT2D eigenvalue weighted by molar-refractivity contribution is 6.34. The molecule has 12 heteroatoms. The minimum Gasteiger partial charge on any atom is -0.444 e. The Bertz CT molecular complexity index is 1890. The molecule has 45 heavy (non-hydrogen) atoms. The van der Waals surface area contributed by atoms with Gasteiger partial charge in [-0.25, -0.2) is 23.5 Å². The molecule has 234 valence electrons. The fraction of sp³-hybridized carbons (Fsp3) is 0.364. The molecule has 1 aliphatic rings. The van der Waals surface area contributed by atoms with Crippen LogP contribution < -0.4 is 16.3 Å².